The van der Waals surface area contributed by atoms with Crippen LogP contribution in [-0.2, 0) is 0 Å². The van der Waals surface area contributed by atoms with Gasteiger partial charge in [-0.2, -0.15) is 10.5 Å². The molecule has 0 saturated carbocycles. The number of hydrogen-bond donors (Lipinski definition) is 0. The fourth-order valence-corrected chi connectivity index (χ4v) is 3.82. The Morgan fingerprint density at radius 1 is 1.60 bits per heavy atom. The quantitative estimate of drug-likeness (QED) is 0.542. The summed E-state index contributed by atoms with van der Waals surface area (Å²) in [5, 5.41) is 3.56. The van der Waals surface area contributed by atoms with Crippen LogP contribution in [0.5, 0.6) is 0 Å². The zero-order valence-electron chi connectivity index (χ0n) is 7.26. The average molecular weight is 158 g/mol. The Morgan fingerprint density at radius 3 is 2.60 bits per heavy atom. The third-order valence-corrected chi connectivity index (χ3v) is 5.18. The highest BCUT2D eigenvalue weighted by molar-refractivity contribution is 8.16. The van der Waals surface area contributed by atoms with Gasteiger partial charge in [-0.15, -0.1) is 0 Å². The van der Waals surface area contributed by atoms with Crippen molar-refractivity contribution in [3.63, 3.8) is 0 Å². The molecule has 1 saturated heterocycles. The van der Waals surface area contributed by atoms with E-state index in [1.165, 1.54) is 18.6 Å². The lowest BCUT2D eigenvalue weighted by Crippen LogP contribution is -2.25. The molecule has 2 unspecified atom stereocenters. The molecule has 1 aliphatic heterocycles. The van der Waals surface area contributed by atoms with Crippen molar-refractivity contribution in [1.29, 1.82) is 0 Å². The second kappa shape index (κ2) is 3.56. The van der Waals surface area contributed by atoms with Gasteiger partial charge >= 0.3 is 0 Å². The molecule has 0 aromatic carbocycles. The van der Waals surface area contributed by atoms with E-state index in [0.717, 1.165) is 11.2 Å². The van der Waals surface area contributed by atoms with E-state index in [2.05, 4.69) is 26.1 Å². The molecule has 1 heterocycles. The number of hydrogen-bond acceptors (Lipinski definition) is 0. The van der Waals surface area contributed by atoms with E-state index < -0.39 is 0 Å². The Morgan fingerprint density at radius 2 is 2.30 bits per heavy atom. The van der Waals surface area contributed by atoms with Crippen LogP contribution in [0.2, 0.25) is 0 Å². The summed E-state index contributed by atoms with van der Waals surface area (Å²) in [5.41, 5.74) is 0. The molecule has 0 bridgehead atoms. The lowest BCUT2D eigenvalue weighted by Gasteiger charge is -2.34. The van der Waals surface area contributed by atoms with E-state index in [-0.39, 0.29) is 0 Å². The minimum atomic E-state index is 0.711. The molecule has 1 heteroatoms. The first-order chi connectivity index (χ1) is 4.75. The zero-order chi connectivity index (χ0) is 7.56. The minimum absolute atomic E-state index is 0.711. The Labute approximate surface area is 66.9 Å². The molecule has 0 spiro atoms. The summed E-state index contributed by atoms with van der Waals surface area (Å²) >= 11 is 0. The molecule has 0 aromatic rings. The smallest absolute Gasteiger partial charge is 0.00253 e. The minimum Gasteiger partial charge on any atom is -0.186 e. The van der Waals surface area contributed by atoms with Gasteiger partial charge in [0.15, 0.2) is 0 Å². The largest absolute Gasteiger partial charge is 0.186 e. The SMILES string of the molecule is CCC=S1CCC1C(C)C. The molecule has 1 rings (SSSR count). The van der Waals surface area contributed by atoms with E-state index in [1.807, 2.05) is 0 Å². The van der Waals surface area contributed by atoms with Gasteiger partial charge < -0.3 is 0 Å². The summed E-state index contributed by atoms with van der Waals surface area (Å²) in [6.07, 6.45) is 2.75. The van der Waals surface area contributed by atoms with Crippen molar-refractivity contribution in [3.8, 4) is 0 Å². The summed E-state index contributed by atoms with van der Waals surface area (Å²) in [7, 11) is 0.711. The Bertz CT molecular complexity index is 136. The van der Waals surface area contributed by atoms with Crippen molar-refractivity contribution < 1.29 is 0 Å². The Hall–Kier alpha value is 0.220. The maximum absolute atomic E-state index is 2.52. The van der Waals surface area contributed by atoms with Gasteiger partial charge in [-0.3, -0.25) is 0 Å². The lowest BCUT2D eigenvalue weighted by molar-refractivity contribution is 0.572. The summed E-state index contributed by atoms with van der Waals surface area (Å²) in [5.74, 6) is 2.40. The molecule has 60 valence electrons. The van der Waals surface area contributed by atoms with Gasteiger partial charge in [0.1, 0.15) is 0 Å². The van der Waals surface area contributed by atoms with Gasteiger partial charge in [-0.05, 0) is 24.5 Å². The summed E-state index contributed by atoms with van der Waals surface area (Å²) in [6.45, 7) is 6.96. The van der Waals surface area contributed by atoms with Gasteiger partial charge in [0.2, 0.25) is 0 Å². The summed E-state index contributed by atoms with van der Waals surface area (Å²) in [6, 6.07) is 0. The van der Waals surface area contributed by atoms with Crippen LogP contribution in [-0.4, -0.2) is 16.4 Å². The molecule has 1 aliphatic rings. The highest BCUT2D eigenvalue weighted by Gasteiger charge is 2.24. The average Bonchev–Trinajstić information content (AvgIpc) is 1.78. The van der Waals surface area contributed by atoms with Crippen LogP contribution < -0.4 is 0 Å². The molecule has 0 amide bonds. The highest BCUT2D eigenvalue weighted by Crippen LogP contribution is 2.40. The fourth-order valence-electron chi connectivity index (χ4n) is 1.49. The van der Waals surface area contributed by atoms with Crippen LogP contribution in [0.3, 0.4) is 0 Å². The number of rotatable bonds is 2. The van der Waals surface area contributed by atoms with Crippen LogP contribution in [0.15, 0.2) is 0 Å². The van der Waals surface area contributed by atoms with Crippen molar-refractivity contribution in [2.75, 3.05) is 5.75 Å². The monoisotopic (exact) mass is 158 g/mol. The van der Waals surface area contributed by atoms with Gasteiger partial charge in [0.25, 0.3) is 0 Å². The van der Waals surface area contributed by atoms with Gasteiger partial charge in [0.05, 0.1) is 0 Å². The van der Waals surface area contributed by atoms with Crippen molar-refractivity contribution >= 4 is 15.9 Å². The fraction of sp³-hybridized carbons (Fsp3) is 0.889. The molecule has 0 aromatic heterocycles. The molecular formula is C9H18S. The first kappa shape index (κ1) is 8.32. The van der Waals surface area contributed by atoms with Crippen LogP contribution in [0.4, 0.5) is 0 Å². The van der Waals surface area contributed by atoms with E-state index in [1.54, 1.807) is 0 Å². The molecular weight excluding hydrogens is 140 g/mol. The summed E-state index contributed by atoms with van der Waals surface area (Å²) in [4.78, 5) is 0. The van der Waals surface area contributed by atoms with E-state index in [4.69, 9.17) is 0 Å². The van der Waals surface area contributed by atoms with Crippen molar-refractivity contribution in [1.82, 2.24) is 0 Å². The van der Waals surface area contributed by atoms with Gasteiger partial charge in [0, 0.05) is 5.25 Å². The predicted molar refractivity (Wildman–Crippen MR) is 52.1 cm³/mol. The molecule has 0 radical (unpaired) electrons. The maximum Gasteiger partial charge on any atom is 0.00253 e. The van der Waals surface area contributed by atoms with Crippen LogP contribution in [0.25, 0.3) is 0 Å². The lowest BCUT2D eigenvalue weighted by atomic mass is 10.1. The third kappa shape index (κ3) is 1.63. The van der Waals surface area contributed by atoms with Crippen LogP contribution in [0, 0.1) is 5.92 Å². The molecule has 2 atom stereocenters. The molecule has 10 heavy (non-hydrogen) atoms. The Kier molecular flexibility index (Phi) is 2.96. The second-order valence-electron chi connectivity index (χ2n) is 3.32. The Balaban J connectivity index is 2.43. The van der Waals surface area contributed by atoms with Crippen molar-refractivity contribution in [3.05, 3.63) is 0 Å². The first-order valence-electron chi connectivity index (χ1n) is 4.27. The molecule has 0 N–H and O–H groups in total. The van der Waals surface area contributed by atoms with Gasteiger partial charge in [-0.1, -0.05) is 26.1 Å². The van der Waals surface area contributed by atoms with E-state index >= 15 is 0 Å². The standard InChI is InChI=1S/C9H18S/c1-4-6-10-7-5-9(10)8(2)3/h6,8-9H,4-5,7H2,1-3H3. The second-order valence-corrected chi connectivity index (χ2v) is 5.61. The van der Waals surface area contributed by atoms with Crippen LogP contribution >= 0.6 is 10.5 Å². The van der Waals surface area contributed by atoms with Crippen molar-refractivity contribution in [2.24, 2.45) is 5.92 Å². The molecule has 0 aliphatic carbocycles. The van der Waals surface area contributed by atoms with Gasteiger partial charge in [-0.25, -0.2) is 0 Å². The third-order valence-electron chi connectivity index (χ3n) is 2.15. The molecule has 1 fully saturated rings. The zero-order valence-corrected chi connectivity index (χ0v) is 8.08. The highest BCUT2D eigenvalue weighted by atomic mass is 32.2. The first-order valence-corrected chi connectivity index (χ1v) is 5.79. The van der Waals surface area contributed by atoms with E-state index in [0.29, 0.717) is 10.5 Å². The van der Waals surface area contributed by atoms with Crippen molar-refractivity contribution in [2.45, 2.75) is 38.9 Å². The van der Waals surface area contributed by atoms with E-state index in [9.17, 15) is 0 Å². The predicted octanol–water partition coefficient (Wildman–Crippen LogP) is 2.90. The topological polar surface area (TPSA) is 0 Å². The van der Waals surface area contributed by atoms with Crippen LogP contribution in [0.1, 0.15) is 33.6 Å². The molecule has 0 nitrogen and oxygen atoms in total. The summed E-state index contributed by atoms with van der Waals surface area (Å²) < 4.78 is 0. The maximum atomic E-state index is 2.52. The normalized spacial score (nSPS) is 32.8.